The van der Waals surface area contributed by atoms with Crippen LogP contribution in [0.2, 0.25) is 0 Å². The van der Waals surface area contributed by atoms with Gasteiger partial charge in [-0.2, -0.15) is 5.10 Å². The predicted molar refractivity (Wildman–Crippen MR) is 68.5 cm³/mol. The Balaban J connectivity index is 2.13. The van der Waals surface area contributed by atoms with Crippen molar-refractivity contribution in [2.24, 2.45) is 5.92 Å². The zero-order valence-electron chi connectivity index (χ0n) is 9.75. The summed E-state index contributed by atoms with van der Waals surface area (Å²) >= 11 is 0. The van der Waals surface area contributed by atoms with E-state index in [2.05, 4.69) is 29.4 Å². The average Bonchev–Trinajstić information content (AvgIpc) is 2.64. The molecular weight excluding hydrogens is 200 g/mol. The number of H-pyrrole nitrogens is 1. The van der Waals surface area contributed by atoms with Crippen molar-refractivity contribution in [1.29, 1.82) is 0 Å². The maximum Gasteiger partial charge on any atom is 0.0672 e. The van der Waals surface area contributed by atoms with Crippen molar-refractivity contribution in [2.45, 2.75) is 20.3 Å². The van der Waals surface area contributed by atoms with Crippen LogP contribution in [0.5, 0.6) is 0 Å². The van der Waals surface area contributed by atoms with E-state index in [-0.39, 0.29) is 0 Å². The monoisotopic (exact) mass is 218 g/mol. The number of aromatic nitrogens is 2. The van der Waals surface area contributed by atoms with Crippen molar-refractivity contribution in [1.82, 2.24) is 10.2 Å². The van der Waals surface area contributed by atoms with E-state index in [0.717, 1.165) is 35.2 Å². The second kappa shape index (κ2) is 4.43. The van der Waals surface area contributed by atoms with Crippen LogP contribution in [0.25, 0.3) is 10.9 Å². The van der Waals surface area contributed by atoms with Crippen LogP contribution in [0.3, 0.4) is 0 Å². The number of nitrogen functional groups attached to an aromatic ring is 1. The van der Waals surface area contributed by atoms with Gasteiger partial charge in [0.15, 0.2) is 0 Å². The van der Waals surface area contributed by atoms with Gasteiger partial charge < -0.3 is 11.1 Å². The predicted octanol–water partition coefficient (Wildman–Crippen LogP) is 2.60. The second-order valence-electron chi connectivity index (χ2n) is 4.51. The Bertz CT molecular complexity index is 473. The number of nitrogens with two attached hydrogens (primary N) is 1. The molecule has 4 N–H and O–H groups in total. The van der Waals surface area contributed by atoms with Gasteiger partial charge in [0.05, 0.1) is 23.1 Å². The molecule has 86 valence electrons. The molecule has 2 aromatic rings. The molecule has 0 atom stereocenters. The van der Waals surface area contributed by atoms with Crippen LogP contribution in [-0.2, 0) is 0 Å². The summed E-state index contributed by atoms with van der Waals surface area (Å²) in [6.45, 7) is 5.37. The first-order valence-electron chi connectivity index (χ1n) is 5.63. The largest absolute Gasteiger partial charge is 0.397 e. The molecule has 1 aromatic heterocycles. The molecule has 0 unspecified atom stereocenters. The average molecular weight is 218 g/mol. The maximum atomic E-state index is 5.96. The Morgan fingerprint density at radius 3 is 3.00 bits per heavy atom. The number of rotatable bonds is 4. The van der Waals surface area contributed by atoms with Gasteiger partial charge in [-0.3, -0.25) is 5.10 Å². The number of hydrogen-bond donors (Lipinski definition) is 3. The first-order chi connectivity index (χ1) is 7.66. The third-order valence-electron chi connectivity index (χ3n) is 2.65. The Labute approximate surface area is 95.2 Å². The minimum absolute atomic E-state index is 0.699. The van der Waals surface area contributed by atoms with Crippen LogP contribution in [0, 0.1) is 5.92 Å². The molecule has 0 spiro atoms. The Morgan fingerprint density at radius 2 is 2.25 bits per heavy atom. The van der Waals surface area contributed by atoms with Crippen LogP contribution >= 0.6 is 0 Å². The zero-order valence-corrected chi connectivity index (χ0v) is 9.75. The summed E-state index contributed by atoms with van der Waals surface area (Å²) in [6.07, 6.45) is 2.92. The number of fused-ring (bicyclic) bond motifs is 1. The Kier molecular flexibility index (Phi) is 2.99. The topological polar surface area (TPSA) is 66.7 Å². The summed E-state index contributed by atoms with van der Waals surface area (Å²) in [5.41, 5.74) is 8.73. The summed E-state index contributed by atoms with van der Waals surface area (Å²) in [7, 11) is 0. The Morgan fingerprint density at radius 1 is 1.44 bits per heavy atom. The minimum atomic E-state index is 0.699. The van der Waals surface area contributed by atoms with Crippen molar-refractivity contribution in [3.05, 3.63) is 18.3 Å². The highest BCUT2D eigenvalue weighted by Gasteiger charge is 2.03. The summed E-state index contributed by atoms with van der Waals surface area (Å²) in [5, 5.41) is 11.3. The van der Waals surface area contributed by atoms with E-state index in [1.807, 2.05) is 12.1 Å². The molecule has 0 saturated heterocycles. The number of aromatic amines is 1. The van der Waals surface area contributed by atoms with Crippen molar-refractivity contribution in [3.63, 3.8) is 0 Å². The lowest BCUT2D eigenvalue weighted by Gasteiger charge is -2.10. The van der Waals surface area contributed by atoms with Crippen LogP contribution < -0.4 is 11.1 Å². The number of benzene rings is 1. The number of nitrogens with zero attached hydrogens (tertiary/aromatic N) is 1. The third kappa shape index (κ3) is 2.27. The molecule has 16 heavy (non-hydrogen) atoms. The number of anilines is 2. The number of hydrogen-bond acceptors (Lipinski definition) is 3. The van der Waals surface area contributed by atoms with Gasteiger partial charge in [0.25, 0.3) is 0 Å². The van der Waals surface area contributed by atoms with Crippen molar-refractivity contribution < 1.29 is 0 Å². The van der Waals surface area contributed by atoms with E-state index < -0.39 is 0 Å². The molecule has 1 aromatic carbocycles. The molecule has 0 radical (unpaired) electrons. The van der Waals surface area contributed by atoms with Gasteiger partial charge in [0.1, 0.15) is 0 Å². The quantitative estimate of drug-likeness (QED) is 0.691. The van der Waals surface area contributed by atoms with Gasteiger partial charge in [0.2, 0.25) is 0 Å². The molecule has 0 aliphatic heterocycles. The fraction of sp³-hybridized carbons (Fsp3) is 0.417. The lowest BCUT2D eigenvalue weighted by molar-refractivity contribution is 0.607. The zero-order chi connectivity index (χ0) is 11.5. The van der Waals surface area contributed by atoms with E-state index >= 15 is 0 Å². The van der Waals surface area contributed by atoms with Crippen molar-refractivity contribution in [3.8, 4) is 0 Å². The SMILES string of the molecule is CC(C)CCNc1cc2[nH]ncc2cc1N. The van der Waals surface area contributed by atoms with E-state index in [0.29, 0.717) is 5.92 Å². The standard InChI is InChI=1S/C12H18N4/c1-8(2)3-4-14-12-6-11-9(5-10(12)13)7-15-16-11/h5-8,14H,3-4,13H2,1-2H3,(H,15,16). The number of nitrogens with one attached hydrogen (secondary N) is 2. The summed E-state index contributed by atoms with van der Waals surface area (Å²) in [6, 6.07) is 3.95. The molecule has 2 rings (SSSR count). The second-order valence-corrected chi connectivity index (χ2v) is 4.51. The van der Waals surface area contributed by atoms with Crippen LogP contribution in [0.1, 0.15) is 20.3 Å². The van der Waals surface area contributed by atoms with E-state index in [9.17, 15) is 0 Å². The van der Waals surface area contributed by atoms with Crippen LogP contribution in [-0.4, -0.2) is 16.7 Å². The van der Waals surface area contributed by atoms with Crippen LogP contribution in [0.4, 0.5) is 11.4 Å². The molecule has 0 aliphatic carbocycles. The fourth-order valence-corrected chi connectivity index (χ4v) is 1.66. The van der Waals surface area contributed by atoms with Crippen molar-refractivity contribution in [2.75, 3.05) is 17.6 Å². The third-order valence-corrected chi connectivity index (χ3v) is 2.65. The Hall–Kier alpha value is -1.71. The van der Waals surface area contributed by atoms with Gasteiger partial charge in [-0.15, -0.1) is 0 Å². The van der Waals surface area contributed by atoms with Gasteiger partial charge >= 0.3 is 0 Å². The first-order valence-corrected chi connectivity index (χ1v) is 5.63. The van der Waals surface area contributed by atoms with Gasteiger partial charge in [-0.25, -0.2) is 0 Å². The lowest BCUT2D eigenvalue weighted by atomic mass is 10.1. The molecule has 0 aliphatic rings. The molecule has 0 amide bonds. The van der Waals surface area contributed by atoms with Gasteiger partial charge in [-0.05, 0) is 24.5 Å². The van der Waals surface area contributed by atoms with Crippen molar-refractivity contribution >= 4 is 22.3 Å². The normalized spacial score (nSPS) is 11.2. The summed E-state index contributed by atoms with van der Waals surface area (Å²) in [5.74, 6) is 0.699. The first kappa shape index (κ1) is 10.8. The molecule has 0 fully saturated rings. The van der Waals surface area contributed by atoms with E-state index in [4.69, 9.17) is 5.73 Å². The fourth-order valence-electron chi connectivity index (χ4n) is 1.66. The maximum absolute atomic E-state index is 5.96. The van der Waals surface area contributed by atoms with E-state index in [1.165, 1.54) is 0 Å². The summed E-state index contributed by atoms with van der Waals surface area (Å²) < 4.78 is 0. The van der Waals surface area contributed by atoms with E-state index in [1.54, 1.807) is 6.20 Å². The lowest BCUT2D eigenvalue weighted by Crippen LogP contribution is -2.06. The molecule has 0 bridgehead atoms. The molecule has 1 heterocycles. The minimum Gasteiger partial charge on any atom is -0.397 e. The highest BCUT2D eigenvalue weighted by Crippen LogP contribution is 2.24. The highest BCUT2D eigenvalue weighted by atomic mass is 15.1. The summed E-state index contributed by atoms with van der Waals surface area (Å²) in [4.78, 5) is 0. The highest BCUT2D eigenvalue weighted by molar-refractivity contribution is 5.88. The van der Waals surface area contributed by atoms with Gasteiger partial charge in [0, 0.05) is 11.9 Å². The van der Waals surface area contributed by atoms with Crippen LogP contribution in [0.15, 0.2) is 18.3 Å². The smallest absolute Gasteiger partial charge is 0.0672 e. The molecule has 4 nitrogen and oxygen atoms in total. The molecule has 4 heteroatoms. The van der Waals surface area contributed by atoms with Gasteiger partial charge in [-0.1, -0.05) is 13.8 Å². The molecular formula is C12H18N4. The molecule has 0 saturated carbocycles.